The maximum absolute atomic E-state index is 13.0. The molecular formula is C24H23N5O4. The summed E-state index contributed by atoms with van der Waals surface area (Å²) in [6.07, 6.45) is 0. The molecule has 5 rings (SSSR count). The van der Waals surface area contributed by atoms with Crippen LogP contribution in [0.5, 0.6) is 0 Å². The van der Waals surface area contributed by atoms with Crippen molar-refractivity contribution in [2.75, 3.05) is 37.6 Å². The van der Waals surface area contributed by atoms with Gasteiger partial charge in [-0.3, -0.25) is 19.3 Å². The van der Waals surface area contributed by atoms with Gasteiger partial charge in [0, 0.05) is 65.2 Å². The SMILES string of the molecule is CC(=O)c1ccc(N2CCN(CCn3c4c(n[n+]3[O-])C(=O)c3ccccc3C4=O)CC2)cc1. The van der Waals surface area contributed by atoms with Gasteiger partial charge in [-0.15, -0.1) is 4.68 Å². The number of rotatable bonds is 5. The van der Waals surface area contributed by atoms with E-state index in [0.717, 1.165) is 31.9 Å². The molecular weight excluding hydrogens is 422 g/mol. The fourth-order valence-electron chi connectivity index (χ4n) is 4.48. The van der Waals surface area contributed by atoms with Gasteiger partial charge in [-0.25, -0.2) is 0 Å². The van der Waals surface area contributed by atoms with Crippen LogP contribution in [0.15, 0.2) is 48.5 Å². The monoisotopic (exact) mass is 445 g/mol. The molecule has 9 heteroatoms. The van der Waals surface area contributed by atoms with E-state index in [1.54, 1.807) is 31.2 Å². The zero-order valence-electron chi connectivity index (χ0n) is 18.2. The Bertz CT molecular complexity index is 1260. The molecule has 33 heavy (non-hydrogen) atoms. The van der Waals surface area contributed by atoms with Crippen LogP contribution in [0.25, 0.3) is 0 Å². The molecule has 0 N–H and O–H groups in total. The number of ketones is 3. The Morgan fingerprint density at radius 1 is 0.939 bits per heavy atom. The van der Waals surface area contributed by atoms with Crippen LogP contribution >= 0.6 is 0 Å². The molecule has 0 spiro atoms. The minimum Gasteiger partial charge on any atom is -0.571 e. The van der Waals surface area contributed by atoms with Gasteiger partial charge >= 0.3 is 0 Å². The molecule has 1 aromatic heterocycles. The molecule has 0 amide bonds. The molecule has 2 heterocycles. The van der Waals surface area contributed by atoms with Crippen molar-refractivity contribution in [1.29, 1.82) is 0 Å². The molecule has 1 fully saturated rings. The molecule has 0 radical (unpaired) electrons. The Hall–Kier alpha value is -3.85. The molecule has 0 saturated carbocycles. The van der Waals surface area contributed by atoms with Crippen LogP contribution in [0.3, 0.4) is 0 Å². The summed E-state index contributed by atoms with van der Waals surface area (Å²) in [7, 11) is 0. The Kier molecular flexibility index (Phi) is 5.26. The van der Waals surface area contributed by atoms with Crippen LogP contribution in [0.2, 0.25) is 0 Å². The van der Waals surface area contributed by atoms with E-state index in [1.165, 1.54) is 4.68 Å². The predicted octanol–water partition coefficient (Wildman–Crippen LogP) is 1.32. The predicted molar refractivity (Wildman–Crippen MR) is 120 cm³/mol. The number of anilines is 1. The van der Waals surface area contributed by atoms with Crippen LogP contribution in [0.1, 0.15) is 49.4 Å². The fraction of sp³-hybridized carbons (Fsp3) is 0.292. The van der Waals surface area contributed by atoms with Gasteiger partial charge in [0.1, 0.15) is 0 Å². The molecule has 0 atom stereocenters. The maximum Gasteiger partial charge on any atom is 0.220 e. The Morgan fingerprint density at radius 2 is 1.58 bits per heavy atom. The van der Waals surface area contributed by atoms with Crippen molar-refractivity contribution in [3.05, 3.63) is 81.8 Å². The van der Waals surface area contributed by atoms with Crippen LogP contribution in [-0.2, 0) is 6.54 Å². The molecule has 9 nitrogen and oxygen atoms in total. The van der Waals surface area contributed by atoms with E-state index >= 15 is 0 Å². The molecule has 1 saturated heterocycles. The highest BCUT2D eigenvalue weighted by molar-refractivity contribution is 6.26. The van der Waals surface area contributed by atoms with E-state index in [-0.39, 0.29) is 35.1 Å². The summed E-state index contributed by atoms with van der Waals surface area (Å²) in [5.41, 5.74) is 2.35. The van der Waals surface area contributed by atoms with Crippen molar-refractivity contribution < 1.29 is 19.3 Å². The zero-order chi connectivity index (χ0) is 23.1. The summed E-state index contributed by atoms with van der Waals surface area (Å²) in [5.74, 6) is -0.693. The summed E-state index contributed by atoms with van der Waals surface area (Å²) >= 11 is 0. The van der Waals surface area contributed by atoms with Crippen LogP contribution in [0.4, 0.5) is 5.69 Å². The van der Waals surface area contributed by atoms with Gasteiger partial charge in [0.2, 0.25) is 17.3 Å². The first kappa shape index (κ1) is 21.0. The topological polar surface area (TPSA) is 102 Å². The number of aromatic nitrogens is 3. The van der Waals surface area contributed by atoms with E-state index in [9.17, 15) is 19.6 Å². The van der Waals surface area contributed by atoms with E-state index in [1.807, 2.05) is 24.3 Å². The van der Waals surface area contributed by atoms with Crippen LogP contribution in [-0.4, -0.2) is 64.8 Å². The number of carbonyl (C=O) groups is 3. The average Bonchev–Trinajstić information content (AvgIpc) is 3.18. The van der Waals surface area contributed by atoms with E-state index in [4.69, 9.17) is 0 Å². The number of fused-ring (bicyclic) bond motifs is 2. The smallest absolute Gasteiger partial charge is 0.220 e. The third-order valence-electron chi connectivity index (χ3n) is 6.36. The minimum absolute atomic E-state index is 0.0485. The molecule has 0 unspecified atom stereocenters. The number of hydrogen-bond acceptors (Lipinski definition) is 7. The van der Waals surface area contributed by atoms with Crippen molar-refractivity contribution in [2.45, 2.75) is 13.5 Å². The Morgan fingerprint density at radius 3 is 2.21 bits per heavy atom. The largest absolute Gasteiger partial charge is 0.571 e. The molecule has 2 aromatic carbocycles. The number of hydrogen-bond donors (Lipinski definition) is 0. The second-order valence-electron chi connectivity index (χ2n) is 8.31. The highest BCUT2D eigenvalue weighted by Crippen LogP contribution is 2.25. The number of Topliss-reactive ketones (excluding diaryl/α,β-unsaturated/α-hetero) is 1. The van der Waals surface area contributed by atoms with E-state index in [2.05, 4.69) is 14.9 Å². The highest BCUT2D eigenvalue weighted by atomic mass is 16.5. The van der Waals surface area contributed by atoms with Crippen molar-refractivity contribution in [3.8, 4) is 0 Å². The minimum atomic E-state index is -0.395. The Labute approximate surface area is 190 Å². The van der Waals surface area contributed by atoms with Gasteiger partial charge in [-0.1, -0.05) is 24.3 Å². The summed E-state index contributed by atoms with van der Waals surface area (Å²) < 4.78 is 1.26. The molecule has 168 valence electrons. The van der Waals surface area contributed by atoms with Crippen molar-refractivity contribution in [2.24, 2.45) is 0 Å². The van der Waals surface area contributed by atoms with Gasteiger partial charge < -0.3 is 10.1 Å². The lowest BCUT2D eigenvalue weighted by molar-refractivity contribution is -0.749. The number of benzene rings is 2. The maximum atomic E-state index is 13.0. The molecule has 3 aromatic rings. The van der Waals surface area contributed by atoms with E-state index in [0.29, 0.717) is 22.6 Å². The van der Waals surface area contributed by atoms with Gasteiger partial charge in [0.05, 0.1) is 6.54 Å². The second kappa shape index (κ2) is 8.25. The van der Waals surface area contributed by atoms with Gasteiger partial charge in [-0.2, -0.15) is 0 Å². The first-order chi connectivity index (χ1) is 15.9. The summed E-state index contributed by atoms with van der Waals surface area (Å²) in [6.45, 7) is 5.58. The lowest BCUT2D eigenvalue weighted by Crippen LogP contribution is -2.49. The normalized spacial score (nSPS) is 16.0. The van der Waals surface area contributed by atoms with Gasteiger partial charge in [0.25, 0.3) is 0 Å². The average molecular weight is 445 g/mol. The second-order valence-corrected chi connectivity index (χ2v) is 8.31. The first-order valence-electron chi connectivity index (χ1n) is 10.9. The lowest BCUT2D eigenvalue weighted by atomic mass is 9.90. The van der Waals surface area contributed by atoms with Crippen LogP contribution < -0.4 is 9.86 Å². The first-order valence-corrected chi connectivity index (χ1v) is 10.9. The zero-order valence-corrected chi connectivity index (χ0v) is 18.2. The molecule has 2 aliphatic rings. The number of piperazine rings is 1. The third-order valence-corrected chi connectivity index (χ3v) is 6.36. The van der Waals surface area contributed by atoms with Gasteiger partial charge in [-0.05, 0) is 31.2 Å². The van der Waals surface area contributed by atoms with Crippen molar-refractivity contribution in [3.63, 3.8) is 0 Å². The standard InChI is InChI=1S/C24H23N5O4/c1-16(30)17-6-8-18(9-7-17)27-13-10-26(11-14-27)12-15-28-22-21(25-29(28)33)23(31)19-4-2-3-5-20(19)24(22)32/h2-9H,10-15H2,1H3. The van der Waals surface area contributed by atoms with Crippen molar-refractivity contribution in [1.82, 2.24) is 14.7 Å². The number of nitrogens with zero attached hydrogens (tertiary/aromatic N) is 5. The number of carbonyl (C=O) groups excluding carboxylic acids is 3. The lowest BCUT2D eigenvalue weighted by Gasteiger charge is -2.36. The summed E-state index contributed by atoms with van der Waals surface area (Å²) in [5, 5.41) is 16.3. The quantitative estimate of drug-likeness (QED) is 0.259. The molecule has 0 bridgehead atoms. The summed E-state index contributed by atoms with van der Waals surface area (Å²) in [4.78, 5) is 42.0. The summed E-state index contributed by atoms with van der Waals surface area (Å²) in [6, 6.07) is 14.2. The Balaban J connectivity index is 1.25. The molecule has 1 aliphatic heterocycles. The van der Waals surface area contributed by atoms with Crippen molar-refractivity contribution >= 4 is 23.0 Å². The van der Waals surface area contributed by atoms with Crippen LogP contribution in [0, 0.1) is 5.21 Å². The molecule has 1 aliphatic carbocycles. The fourth-order valence-corrected chi connectivity index (χ4v) is 4.48. The van der Waals surface area contributed by atoms with Gasteiger partial charge in [0.15, 0.2) is 11.5 Å². The highest BCUT2D eigenvalue weighted by Gasteiger charge is 2.39. The van der Waals surface area contributed by atoms with E-state index < -0.39 is 5.78 Å². The third kappa shape index (κ3) is 3.70.